The molecule has 0 bridgehead atoms. The third-order valence-electron chi connectivity index (χ3n) is 5.49. The van der Waals surface area contributed by atoms with E-state index in [0.717, 1.165) is 17.1 Å². The largest absolute Gasteiger partial charge is 0.389 e. The third-order valence-corrected chi connectivity index (χ3v) is 5.49. The highest BCUT2D eigenvalue weighted by molar-refractivity contribution is 5.82. The smallest absolute Gasteiger partial charge is 0.161 e. The molecule has 10 heteroatoms. The molecule has 1 atom stereocenters. The zero-order valence-corrected chi connectivity index (χ0v) is 19.2. The monoisotopic (exact) mass is 458 g/mol. The zero-order valence-electron chi connectivity index (χ0n) is 19.2. The Morgan fingerprint density at radius 2 is 1.82 bits per heavy atom. The number of benzene rings is 1. The number of aromatic nitrogens is 7. The average molecular weight is 459 g/mol. The quantitative estimate of drug-likeness (QED) is 0.405. The molecule has 2 N–H and O–H groups in total. The van der Waals surface area contributed by atoms with Gasteiger partial charge in [0.05, 0.1) is 34.2 Å². The maximum absolute atomic E-state index is 14.8. The summed E-state index contributed by atoms with van der Waals surface area (Å²) in [6, 6.07) is 12.1. The van der Waals surface area contributed by atoms with Gasteiger partial charge in [-0.2, -0.15) is 10.2 Å². The fourth-order valence-electron chi connectivity index (χ4n) is 3.83. The normalized spacial score (nSPS) is 12.3. The van der Waals surface area contributed by atoms with Crippen molar-refractivity contribution in [3.63, 3.8) is 0 Å². The van der Waals surface area contributed by atoms with Crippen molar-refractivity contribution in [2.24, 2.45) is 0 Å². The maximum atomic E-state index is 14.8. The summed E-state index contributed by atoms with van der Waals surface area (Å²) in [7, 11) is 0. The fraction of sp³-hybridized carbons (Fsp3) is 0.208. The molecule has 172 valence electrons. The lowest BCUT2D eigenvalue weighted by Crippen LogP contribution is -2.10. The molecule has 0 aliphatic rings. The van der Waals surface area contributed by atoms with E-state index >= 15 is 0 Å². The molecule has 5 aromatic rings. The number of anilines is 2. The minimum Gasteiger partial charge on any atom is -0.389 e. The summed E-state index contributed by atoms with van der Waals surface area (Å²) in [6.45, 7) is 7.35. The molecular formula is C24H23FN8O. The summed E-state index contributed by atoms with van der Waals surface area (Å²) < 4.78 is 18.2. The van der Waals surface area contributed by atoms with Gasteiger partial charge in [-0.25, -0.2) is 19.0 Å². The number of aliphatic hydroxyl groups is 1. The summed E-state index contributed by atoms with van der Waals surface area (Å²) in [5.41, 5.74) is 4.53. The topological polar surface area (TPSA) is 107 Å². The van der Waals surface area contributed by atoms with Crippen LogP contribution in [-0.2, 0) is 0 Å². The van der Waals surface area contributed by atoms with E-state index in [1.165, 1.54) is 6.07 Å². The van der Waals surface area contributed by atoms with Crippen molar-refractivity contribution in [3.05, 3.63) is 77.3 Å². The van der Waals surface area contributed by atoms with Crippen LogP contribution in [-0.4, -0.2) is 39.6 Å². The van der Waals surface area contributed by atoms with Crippen LogP contribution in [0.1, 0.15) is 35.7 Å². The number of hydrogen-bond acceptors (Lipinski definition) is 7. The summed E-state index contributed by atoms with van der Waals surface area (Å²) >= 11 is 0. The van der Waals surface area contributed by atoms with E-state index in [0.29, 0.717) is 34.1 Å². The lowest BCUT2D eigenvalue weighted by molar-refractivity contribution is 0.198. The lowest BCUT2D eigenvalue weighted by atomic mass is 10.1. The molecular weight excluding hydrogens is 435 g/mol. The summed E-state index contributed by atoms with van der Waals surface area (Å²) in [6.07, 6.45) is 0.857. The van der Waals surface area contributed by atoms with Crippen LogP contribution in [0.25, 0.3) is 22.7 Å². The minimum atomic E-state index is -0.736. The second-order valence-corrected chi connectivity index (χ2v) is 8.22. The molecule has 0 saturated carbocycles. The van der Waals surface area contributed by atoms with Gasteiger partial charge in [0.15, 0.2) is 11.6 Å². The van der Waals surface area contributed by atoms with Gasteiger partial charge in [0.2, 0.25) is 0 Å². The van der Waals surface area contributed by atoms with E-state index in [1.54, 1.807) is 46.8 Å². The van der Waals surface area contributed by atoms with Crippen LogP contribution in [0.15, 0.2) is 48.8 Å². The van der Waals surface area contributed by atoms with Crippen molar-refractivity contribution < 1.29 is 9.50 Å². The number of fused-ring (bicyclic) bond motifs is 1. The number of aryl methyl sites for hydroxylation is 3. The number of imidazole rings is 1. The summed E-state index contributed by atoms with van der Waals surface area (Å²) in [5, 5.41) is 25.9. The van der Waals surface area contributed by atoms with Crippen LogP contribution in [0, 0.1) is 26.6 Å². The number of hydrogen-bond donors (Lipinski definition) is 2. The van der Waals surface area contributed by atoms with E-state index < -0.39 is 11.9 Å². The molecule has 0 spiro atoms. The molecule has 4 aromatic heterocycles. The number of halogens is 1. The van der Waals surface area contributed by atoms with Crippen LogP contribution in [0.5, 0.6) is 0 Å². The van der Waals surface area contributed by atoms with E-state index in [-0.39, 0.29) is 5.69 Å². The van der Waals surface area contributed by atoms with Gasteiger partial charge < -0.3 is 10.4 Å². The number of nitrogens with one attached hydrogen (secondary N) is 1. The Morgan fingerprint density at radius 1 is 1.00 bits per heavy atom. The first-order valence-corrected chi connectivity index (χ1v) is 10.8. The molecule has 9 nitrogen and oxygen atoms in total. The van der Waals surface area contributed by atoms with Crippen molar-refractivity contribution in [2.45, 2.75) is 33.8 Å². The average Bonchev–Trinajstić information content (AvgIpc) is 3.36. The minimum absolute atomic E-state index is 0.242. The van der Waals surface area contributed by atoms with Crippen molar-refractivity contribution in [1.29, 1.82) is 0 Å². The highest BCUT2D eigenvalue weighted by Crippen LogP contribution is 2.28. The molecule has 0 fully saturated rings. The number of pyridine rings is 1. The summed E-state index contributed by atoms with van der Waals surface area (Å²) in [4.78, 5) is 9.16. The molecule has 0 aliphatic heterocycles. The molecule has 4 heterocycles. The van der Waals surface area contributed by atoms with Gasteiger partial charge >= 0.3 is 0 Å². The Bertz CT molecular complexity index is 1500. The third kappa shape index (κ3) is 3.88. The Kier molecular flexibility index (Phi) is 5.29. The van der Waals surface area contributed by atoms with Crippen LogP contribution in [0.2, 0.25) is 0 Å². The Labute approximate surface area is 194 Å². The molecule has 1 aromatic carbocycles. The SMILES string of the molecule is Cc1ccc(Nc2cc3c(cc2F)ncn3-c2ccc(C(C)O)c(-n3nc(C)cc3C)n2)nn1. The number of nitrogens with zero attached hydrogens (tertiary/aromatic N) is 7. The predicted octanol–water partition coefficient (Wildman–Crippen LogP) is 4.26. The standard InChI is InChI=1S/C24H23FN8O/c1-13-5-7-22(30-29-13)27-19-11-21-20(10-18(19)25)26-12-32(21)23-8-6-17(16(4)34)24(28-23)33-15(3)9-14(2)31-33/h5-12,16,34H,1-4H3,(H,27,30). The molecule has 0 aliphatic carbocycles. The van der Waals surface area contributed by atoms with Crippen molar-refractivity contribution in [1.82, 2.24) is 34.5 Å². The second kappa shape index (κ2) is 8.31. The van der Waals surface area contributed by atoms with E-state index in [4.69, 9.17) is 4.98 Å². The first-order chi connectivity index (χ1) is 16.3. The molecule has 34 heavy (non-hydrogen) atoms. The molecule has 5 rings (SSSR count). The first-order valence-electron chi connectivity index (χ1n) is 10.8. The number of aliphatic hydroxyl groups excluding tert-OH is 1. The summed E-state index contributed by atoms with van der Waals surface area (Å²) in [5.74, 6) is 1.06. The van der Waals surface area contributed by atoms with Gasteiger partial charge in [0.25, 0.3) is 0 Å². The number of rotatable bonds is 5. The van der Waals surface area contributed by atoms with E-state index in [1.807, 2.05) is 32.9 Å². The maximum Gasteiger partial charge on any atom is 0.161 e. The van der Waals surface area contributed by atoms with Crippen molar-refractivity contribution >= 4 is 22.5 Å². The van der Waals surface area contributed by atoms with Gasteiger partial charge in [-0.1, -0.05) is 0 Å². The predicted molar refractivity (Wildman–Crippen MR) is 126 cm³/mol. The zero-order chi connectivity index (χ0) is 24.0. The van der Waals surface area contributed by atoms with Gasteiger partial charge in [0.1, 0.15) is 18.0 Å². The Morgan fingerprint density at radius 3 is 2.50 bits per heavy atom. The second-order valence-electron chi connectivity index (χ2n) is 8.22. The lowest BCUT2D eigenvalue weighted by Gasteiger charge is -2.15. The van der Waals surface area contributed by atoms with Crippen molar-refractivity contribution in [3.8, 4) is 11.6 Å². The van der Waals surface area contributed by atoms with E-state index in [9.17, 15) is 9.50 Å². The van der Waals surface area contributed by atoms with Crippen LogP contribution in [0.3, 0.4) is 0 Å². The highest BCUT2D eigenvalue weighted by atomic mass is 19.1. The van der Waals surface area contributed by atoms with Crippen molar-refractivity contribution in [2.75, 3.05) is 5.32 Å². The van der Waals surface area contributed by atoms with Gasteiger partial charge in [0, 0.05) is 17.3 Å². The molecule has 0 amide bonds. The Hall–Kier alpha value is -4.18. The molecule has 0 saturated heterocycles. The van der Waals surface area contributed by atoms with Gasteiger partial charge in [-0.3, -0.25) is 4.57 Å². The Balaban J connectivity index is 1.62. The fourth-order valence-corrected chi connectivity index (χ4v) is 3.83. The van der Waals surface area contributed by atoms with Crippen LogP contribution in [0.4, 0.5) is 15.9 Å². The van der Waals surface area contributed by atoms with Crippen LogP contribution >= 0.6 is 0 Å². The van der Waals surface area contributed by atoms with Gasteiger partial charge in [-0.05, 0) is 64.1 Å². The molecule has 0 radical (unpaired) electrons. The van der Waals surface area contributed by atoms with Gasteiger partial charge in [-0.15, -0.1) is 5.10 Å². The van der Waals surface area contributed by atoms with E-state index in [2.05, 4.69) is 25.6 Å². The highest BCUT2D eigenvalue weighted by Gasteiger charge is 2.18. The molecule has 1 unspecified atom stereocenters. The first kappa shape index (κ1) is 21.7. The van der Waals surface area contributed by atoms with Crippen LogP contribution < -0.4 is 5.32 Å².